The molecule has 4 nitrogen and oxygen atoms in total. The number of amidine groups is 1. The fourth-order valence-corrected chi connectivity index (χ4v) is 4.18. The van der Waals surface area contributed by atoms with Crippen LogP contribution in [-0.2, 0) is 4.79 Å². The number of thioether (sulfide) groups is 1. The van der Waals surface area contributed by atoms with Gasteiger partial charge in [-0.05, 0) is 81.1 Å². The van der Waals surface area contributed by atoms with Gasteiger partial charge >= 0.3 is 0 Å². The number of aliphatic imine (C=N–C) groups is 1. The first-order chi connectivity index (χ1) is 14.4. The van der Waals surface area contributed by atoms with Gasteiger partial charge in [-0.1, -0.05) is 17.7 Å². The Bertz CT molecular complexity index is 1130. The molecule has 1 saturated heterocycles. The quantitative estimate of drug-likeness (QED) is 0.458. The molecule has 3 aromatic rings. The van der Waals surface area contributed by atoms with Gasteiger partial charge in [0.15, 0.2) is 5.17 Å². The number of nitrogens with zero attached hydrogens (tertiary/aromatic N) is 2. The Hall–Kier alpha value is -3.12. The Morgan fingerprint density at radius 2 is 1.73 bits per heavy atom. The van der Waals surface area contributed by atoms with Crippen molar-refractivity contribution in [3.63, 3.8) is 0 Å². The molecule has 0 atom stereocenters. The number of carbonyl (C=O) groups is 1. The average Bonchev–Trinajstić information content (AvgIpc) is 3.29. The van der Waals surface area contributed by atoms with Gasteiger partial charge in [-0.2, -0.15) is 0 Å². The van der Waals surface area contributed by atoms with Crippen LogP contribution in [0.15, 0.2) is 75.0 Å². The van der Waals surface area contributed by atoms with Gasteiger partial charge in [-0.15, -0.1) is 0 Å². The van der Waals surface area contributed by atoms with Gasteiger partial charge in [-0.25, -0.2) is 9.38 Å². The number of aryl methyl sites for hydroxylation is 1. The molecule has 1 aliphatic rings. The fourth-order valence-electron chi connectivity index (χ4n) is 3.08. The van der Waals surface area contributed by atoms with Crippen LogP contribution in [0, 0.1) is 12.7 Å². The summed E-state index contributed by atoms with van der Waals surface area (Å²) in [5.41, 5.74) is 2.74. The lowest BCUT2D eigenvalue weighted by atomic mass is 10.2. The number of hydrogen-bond acceptors (Lipinski definition) is 4. The zero-order chi connectivity index (χ0) is 21.3. The lowest BCUT2D eigenvalue weighted by molar-refractivity contribution is -0.123. The third kappa shape index (κ3) is 4.24. The van der Waals surface area contributed by atoms with Gasteiger partial charge in [-0.3, -0.25) is 9.69 Å². The predicted molar refractivity (Wildman–Crippen MR) is 120 cm³/mol. The highest BCUT2D eigenvalue weighted by molar-refractivity contribution is 8.18. The number of hydrogen-bond donors (Lipinski definition) is 0. The molecular formula is C24H21FN2O2S. The molecule has 0 N–H and O–H groups in total. The Kier molecular flexibility index (Phi) is 5.59. The van der Waals surface area contributed by atoms with Gasteiger partial charge in [0.05, 0.1) is 10.6 Å². The van der Waals surface area contributed by atoms with Crippen molar-refractivity contribution < 1.29 is 13.6 Å². The van der Waals surface area contributed by atoms with Crippen LogP contribution in [-0.4, -0.2) is 22.0 Å². The number of halogens is 1. The average molecular weight is 421 g/mol. The normalized spacial score (nSPS) is 17.0. The molecule has 0 unspecified atom stereocenters. The number of furan rings is 1. The highest BCUT2D eigenvalue weighted by Crippen LogP contribution is 2.36. The minimum atomic E-state index is -0.297. The van der Waals surface area contributed by atoms with Crippen LogP contribution in [0.2, 0.25) is 0 Å². The Labute approximate surface area is 179 Å². The topological polar surface area (TPSA) is 45.8 Å². The van der Waals surface area contributed by atoms with Crippen LogP contribution >= 0.6 is 11.8 Å². The molecule has 2 heterocycles. The fraction of sp³-hybridized carbons (Fsp3) is 0.167. The van der Waals surface area contributed by atoms with Crippen LogP contribution < -0.4 is 0 Å². The van der Waals surface area contributed by atoms with E-state index in [1.54, 1.807) is 29.2 Å². The molecule has 4 rings (SSSR count). The van der Waals surface area contributed by atoms with Crippen molar-refractivity contribution in [1.82, 2.24) is 4.90 Å². The number of amides is 1. The van der Waals surface area contributed by atoms with E-state index in [0.29, 0.717) is 21.6 Å². The zero-order valence-corrected chi connectivity index (χ0v) is 17.7. The molecule has 0 saturated carbocycles. The second kappa shape index (κ2) is 8.32. The Morgan fingerprint density at radius 1 is 1.03 bits per heavy atom. The van der Waals surface area contributed by atoms with E-state index >= 15 is 0 Å². The summed E-state index contributed by atoms with van der Waals surface area (Å²) in [4.78, 5) is 19.9. The van der Waals surface area contributed by atoms with Gasteiger partial charge in [0.2, 0.25) is 0 Å². The number of benzene rings is 2. The van der Waals surface area contributed by atoms with Crippen molar-refractivity contribution in [1.29, 1.82) is 0 Å². The molecule has 1 amide bonds. The molecule has 1 aliphatic heterocycles. The summed E-state index contributed by atoms with van der Waals surface area (Å²) in [6, 6.07) is 17.6. The Morgan fingerprint density at radius 3 is 2.40 bits per heavy atom. The van der Waals surface area contributed by atoms with Crippen LogP contribution in [0.25, 0.3) is 17.4 Å². The van der Waals surface area contributed by atoms with E-state index in [-0.39, 0.29) is 17.8 Å². The van der Waals surface area contributed by atoms with Crippen LogP contribution in [0.5, 0.6) is 0 Å². The van der Waals surface area contributed by atoms with Crippen LogP contribution in [0.3, 0.4) is 0 Å². The van der Waals surface area contributed by atoms with E-state index in [9.17, 15) is 9.18 Å². The molecule has 2 aromatic carbocycles. The van der Waals surface area contributed by atoms with Crippen molar-refractivity contribution in [3.05, 3.63) is 82.7 Å². The summed E-state index contributed by atoms with van der Waals surface area (Å²) in [7, 11) is 0. The van der Waals surface area contributed by atoms with Crippen molar-refractivity contribution in [3.8, 4) is 11.3 Å². The van der Waals surface area contributed by atoms with Crippen molar-refractivity contribution in [2.45, 2.75) is 26.8 Å². The third-order valence-electron chi connectivity index (χ3n) is 4.64. The van der Waals surface area contributed by atoms with Gasteiger partial charge in [0.25, 0.3) is 5.91 Å². The summed E-state index contributed by atoms with van der Waals surface area (Å²) < 4.78 is 19.0. The van der Waals surface area contributed by atoms with Gasteiger partial charge in [0, 0.05) is 17.7 Å². The maximum Gasteiger partial charge on any atom is 0.267 e. The number of carbonyl (C=O) groups excluding carboxylic acids is 1. The van der Waals surface area contributed by atoms with Crippen molar-refractivity contribution >= 4 is 34.6 Å². The van der Waals surface area contributed by atoms with E-state index in [4.69, 9.17) is 4.42 Å². The van der Waals surface area contributed by atoms with Gasteiger partial charge in [0.1, 0.15) is 17.3 Å². The zero-order valence-electron chi connectivity index (χ0n) is 16.9. The van der Waals surface area contributed by atoms with Crippen LogP contribution in [0.1, 0.15) is 25.2 Å². The summed E-state index contributed by atoms with van der Waals surface area (Å²) in [5.74, 6) is 0.785. The lowest BCUT2D eigenvalue weighted by Crippen LogP contribution is -2.35. The standard InChI is InChI=1S/C24H21FN2O2S/c1-15(2)27-23(28)22(30-24(27)26-19-10-4-16(3)5-11-19)14-20-12-13-21(29-20)17-6-8-18(25)9-7-17/h4-15H,1-3H3/b22-14+,26-24?. The molecular weight excluding hydrogens is 399 g/mol. The second-order valence-corrected chi connectivity index (χ2v) is 8.33. The highest BCUT2D eigenvalue weighted by Gasteiger charge is 2.35. The van der Waals surface area contributed by atoms with E-state index in [0.717, 1.165) is 16.8 Å². The summed E-state index contributed by atoms with van der Waals surface area (Å²) in [6.07, 6.45) is 1.73. The summed E-state index contributed by atoms with van der Waals surface area (Å²) in [6.45, 7) is 5.95. The van der Waals surface area contributed by atoms with E-state index in [1.807, 2.05) is 51.1 Å². The molecule has 0 aliphatic carbocycles. The molecule has 0 radical (unpaired) electrons. The predicted octanol–water partition coefficient (Wildman–Crippen LogP) is 6.41. The summed E-state index contributed by atoms with van der Waals surface area (Å²) in [5, 5.41) is 0.649. The van der Waals surface area contributed by atoms with E-state index in [2.05, 4.69) is 4.99 Å². The SMILES string of the molecule is Cc1ccc(N=C2S/C(=C/c3ccc(-c4ccc(F)cc4)o3)C(=O)N2C(C)C)cc1. The highest BCUT2D eigenvalue weighted by atomic mass is 32.2. The molecule has 1 aromatic heterocycles. The van der Waals surface area contributed by atoms with Gasteiger partial charge < -0.3 is 4.42 Å². The molecule has 152 valence electrons. The van der Waals surface area contributed by atoms with E-state index < -0.39 is 0 Å². The maximum absolute atomic E-state index is 13.1. The second-order valence-electron chi connectivity index (χ2n) is 7.32. The minimum absolute atomic E-state index is 0.0218. The smallest absolute Gasteiger partial charge is 0.267 e. The summed E-state index contributed by atoms with van der Waals surface area (Å²) >= 11 is 1.33. The van der Waals surface area contributed by atoms with Crippen LogP contribution in [0.4, 0.5) is 10.1 Å². The third-order valence-corrected chi connectivity index (χ3v) is 5.62. The van der Waals surface area contributed by atoms with Crippen molar-refractivity contribution in [2.24, 2.45) is 4.99 Å². The monoisotopic (exact) mass is 420 g/mol. The van der Waals surface area contributed by atoms with Crippen molar-refractivity contribution in [2.75, 3.05) is 0 Å². The molecule has 0 bridgehead atoms. The molecule has 1 fully saturated rings. The molecule has 6 heteroatoms. The first kappa shape index (κ1) is 20.2. The first-order valence-corrected chi connectivity index (χ1v) is 10.5. The Balaban J connectivity index is 1.63. The van der Waals surface area contributed by atoms with E-state index in [1.165, 1.54) is 23.9 Å². The lowest BCUT2D eigenvalue weighted by Gasteiger charge is -2.19. The largest absolute Gasteiger partial charge is 0.457 e. The molecule has 30 heavy (non-hydrogen) atoms. The minimum Gasteiger partial charge on any atom is -0.457 e. The number of rotatable bonds is 4. The molecule has 0 spiro atoms. The maximum atomic E-state index is 13.1. The first-order valence-electron chi connectivity index (χ1n) is 9.65.